The molecule has 5 nitrogen and oxygen atoms in total. The molecule has 0 aromatic carbocycles. The normalized spacial score (nSPS) is 9.92. The second-order valence-electron chi connectivity index (χ2n) is 2.07. The molecule has 0 aliphatic heterocycles. The second-order valence-corrected chi connectivity index (χ2v) is 2.40. The molecular weight excluding hydrogens is 180 g/mol. The van der Waals surface area contributed by atoms with Gasteiger partial charge in [-0.1, -0.05) is 0 Å². The summed E-state index contributed by atoms with van der Waals surface area (Å²) in [6, 6.07) is 0. The van der Waals surface area contributed by atoms with Crippen LogP contribution in [0.4, 0.5) is 5.69 Å². The van der Waals surface area contributed by atoms with Crippen LogP contribution in [-0.4, -0.2) is 17.1 Å². The molecule has 0 aliphatic rings. The molecule has 0 unspecified atom stereocenters. The highest BCUT2D eigenvalue weighted by atomic mass is 35.5. The number of nitrogens with two attached hydrogens (primary N) is 2. The maximum atomic E-state index is 5.58. The van der Waals surface area contributed by atoms with Gasteiger partial charge in [-0.25, -0.2) is 4.98 Å². The van der Waals surface area contributed by atoms with Crippen molar-refractivity contribution < 1.29 is 4.74 Å². The van der Waals surface area contributed by atoms with Gasteiger partial charge in [-0.15, -0.1) is 0 Å². The van der Waals surface area contributed by atoms with Gasteiger partial charge in [0.15, 0.2) is 0 Å². The van der Waals surface area contributed by atoms with Gasteiger partial charge in [-0.3, -0.25) is 0 Å². The van der Waals surface area contributed by atoms with Gasteiger partial charge in [0, 0.05) is 6.54 Å². The molecule has 12 heavy (non-hydrogen) atoms. The third kappa shape index (κ3) is 1.57. The van der Waals surface area contributed by atoms with Gasteiger partial charge >= 0.3 is 0 Å². The summed E-state index contributed by atoms with van der Waals surface area (Å²) < 4.78 is 4.85. The van der Waals surface area contributed by atoms with E-state index in [9.17, 15) is 0 Å². The van der Waals surface area contributed by atoms with Crippen molar-refractivity contribution in [2.45, 2.75) is 6.54 Å². The Morgan fingerprint density at radius 3 is 2.67 bits per heavy atom. The molecule has 0 aliphatic carbocycles. The minimum atomic E-state index is 0.0847. The lowest BCUT2D eigenvalue weighted by atomic mass is 10.3. The summed E-state index contributed by atoms with van der Waals surface area (Å²) in [6.07, 6.45) is 0. The monoisotopic (exact) mass is 188 g/mol. The van der Waals surface area contributed by atoms with Crippen LogP contribution in [0.3, 0.4) is 0 Å². The highest BCUT2D eigenvalue weighted by Gasteiger charge is 2.09. The number of anilines is 1. The van der Waals surface area contributed by atoms with Crippen LogP contribution < -0.4 is 16.2 Å². The number of rotatable bonds is 2. The molecule has 4 N–H and O–H groups in total. The fraction of sp³-hybridized carbons (Fsp3) is 0.333. The van der Waals surface area contributed by atoms with Crippen LogP contribution in [0, 0.1) is 0 Å². The Bertz CT molecular complexity index is 266. The minimum Gasteiger partial charge on any atom is -0.479 e. The molecule has 0 amide bonds. The number of hydrogen-bond acceptors (Lipinski definition) is 5. The van der Waals surface area contributed by atoms with Crippen molar-refractivity contribution >= 4 is 17.3 Å². The molecule has 66 valence electrons. The summed E-state index contributed by atoms with van der Waals surface area (Å²) in [6.45, 7) is 0.213. The zero-order valence-electron chi connectivity index (χ0n) is 6.54. The third-order valence-electron chi connectivity index (χ3n) is 1.35. The smallest absolute Gasteiger partial charge is 0.241 e. The van der Waals surface area contributed by atoms with Crippen LogP contribution in [0.1, 0.15) is 5.69 Å². The molecule has 0 spiro atoms. The van der Waals surface area contributed by atoms with Crippen molar-refractivity contribution in [2.75, 3.05) is 12.8 Å². The van der Waals surface area contributed by atoms with Crippen molar-refractivity contribution in [2.24, 2.45) is 5.73 Å². The standard InChI is InChI=1S/C6H9ClN4O/c1-12-5-4(9)3(2-8)10-6(7)11-5/h2,8-9H2,1H3. The summed E-state index contributed by atoms with van der Waals surface area (Å²) in [5.41, 5.74) is 11.8. The van der Waals surface area contributed by atoms with E-state index in [4.69, 9.17) is 27.8 Å². The van der Waals surface area contributed by atoms with Crippen molar-refractivity contribution in [3.63, 3.8) is 0 Å². The summed E-state index contributed by atoms with van der Waals surface area (Å²) >= 11 is 5.57. The van der Waals surface area contributed by atoms with Gasteiger partial charge in [0.2, 0.25) is 11.2 Å². The number of hydrogen-bond donors (Lipinski definition) is 2. The quantitative estimate of drug-likeness (QED) is 0.647. The predicted octanol–water partition coefficient (Wildman–Crippen LogP) is 0.179. The van der Waals surface area contributed by atoms with Gasteiger partial charge < -0.3 is 16.2 Å². The second kappa shape index (κ2) is 3.55. The minimum absolute atomic E-state index is 0.0847. The average molecular weight is 189 g/mol. The fourth-order valence-electron chi connectivity index (χ4n) is 0.775. The number of aromatic nitrogens is 2. The van der Waals surface area contributed by atoms with Crippen molar-refractivity contribution in [3.8, 4) is 5.88 Å². The lowest BCUT2D eigenvalue weighted by Gasteiger charge is -2.06. The summed E-state index contributed by atoms with van der Waals surface area (Å²) in [5.74, 6) is 0.260. The molecule has 0 radical (unpaired) electrons. The Morgan fingerprint density at radius 1 is 1.50 bits per heavy atom. The highest BCUT2D eigenvalue weighted by molar-refractivity contribution is 6.28. The molecule has 1 aromatic heterocycles. The van der Waals surface area contributed by atoms with Crippen LogP contribution in [0.25, 0.3) is 0 Å². The molecule has 1 heterocycles. The highest BCUT2D eigenvalue weighted by Crippen LogP contribution is 2.22. The van der Waals surface area contributed by atoms with Gasteiger partial charge in [-0.05, 0) is 11.6 Å². The van der Waals surface area contributed by atoms with Crippen LogP contribution in [0.15, 0.2) is 0 Å². The van der Waals surface area contributed by atoms with E-state index in [1.54, 1.807) is 0 Å². The first kappa shape index (κ1) is 9.02. The Kier molecular flexibility index (Phi) is 2.67. The van der Waals surface area contributed by atoms with Crippen LogP contribution in [0.5, 0.6) is 5.88 Å². The maximum absolute atomic E-state index is 5.58. The number of halogens is 1. The first-order chi connectivity index (χ1) is 5.69. The Morgan fingerprint density at radius 2 is 2.17 bits per heavy atom. The van der Waals surface area contributed by atoms with Crippen LogP contribution in [0.2, 0.25) is 5.28 Å². The molecule has 1 rings (SSSR count). The molecular formula is C6H9ClN4O. The van der Waals surface area contributed by atoms with E-state index in [-0.39, 0.29) is 17.7 Å². The Labute approximate surface area is 74.7 Å². The van der Waals surface area contributed by atoms with E-state index in [2.05, 4.69) is 9.97 Å². The van der Waals surface area contributed by atoms with E-state index in [0.717, 1.165) is 0 Å². The van der Waals surface area contributed by atoms with Crippen molar-refractivity contribution in [3.05, 3.63) is 11.0 Å². The van der Waals surface area contributed by atoms with Gasteiger partial charge in [-0.2, -0.15) is 4.98 Å². The lowest BCUT2D eigenvalue weighted by molar-refractivity contribution is 0.398. The van der Waals surface area contributed by atoms with E-state index in [1.807, 2.05) is 0 Å². The number of ether oxygens (including phenoxy) is 1. The SMILES string of the molecule is COc1nc(Cl)nc(CN)c1N. The largest absolute Gasteiger partial charge is 0.479 e. The van der Waals surface area contributed by atoms with Gasteiger partial charge in [0.25, 0.3) is 0 Å². The zero-order chi connectivity index (χ0) is 9.14. The molecule has 6 heteroatoms. The molecule has 0 saturated heterocycles. The average Bonchev–Trinajstić information content (AvgIpc) is 2.08. The van der Waals surface area contributed by atoms with Gasteiger partial charge in [0.1, 0.15) is 5.69 Å². The van der Waals surface area contributed by atoms with Crippen molar-refractivity contribution in [1.29, 1.82) is 0 Å². The summed E-state index contributed by atoms with van der Waals surface area (Å²) in [4.78, 5) is 7.58. The molecule has 0 atom stereocenters. The summed E-state index contributed by atoms with van der Waals surface area (Å²) in [5, 5.41) is 0.0847. The van der Waals surface area contributed by atoms with Crippen LogP contribution >= 0.6 is 11.6 Å². The zero-order valence-corrected chi connectivity index (χ0v) is 7.30. The molecule has 0 saturated carbocycles. The van der Waals surface area contributed by atoms with Gasteiger partial charge in [0.05, 0.1) is 12.8 Å². The Hall–Kier alpha value is -1.07. The van der Waals surface area contributed by atoms with Crippen molar-refractivity contribution in [1.82, 2.24) is 9.97 Å². The van der Waals surface area contributed by atoms with Crippen LogP contribution in [-0.2, 0) is 6.54 Å². The molecule has 0 fully saturated rings. The molecule has 1 aromatic rings. The van der Waals surface area contributed by atoms with E-state index in [1.165, 1.54) is 7.11 Å². The third-order valence-corrected chi connectivity index (χ3v) is 1.52. The summed E-state index contributed by atoms with van der Waals surface area (Å²) in [7, 11) is 1.45. The predicted molar refractivity (Wildman–Crippen MR) is 45.9 cm³/mol. The first-order valence-corrected chi connectivity index (χ1v) is 3.62. The van der Waals surface area contributed by atoms with E-state index in [0.29, 0.717) is 11.4 Å². The number of nitrogen functional groups attached to an aromatic ring is 1. The maximum Gasteiger partial charge on any atom is 0.241 e. The molecule has 0 bridgehead atoms. The number of methoxy groups -OCH3 is 1. The van der Waals surface area contributed by atoms with E-state index >= 15 is 0 Å². The van der Waals surface area contributed by atoms with E-state index < -0.39 is 0 Å². The Balaban J connectivity index is 3.22. The fourth-order valence-corrected chi connectivity index (χ4v) is 0.954. The number of nitrogens with zero attached hydrogens (tertiary/aromatic N) is 2. The first-order valence-electron chi connectivity index (χ1n) is 3.25. The lowest BCUT2D eigenvalue weighted by Crippen LogP contribution is -2.08. The topological polar surface area (TPSA) is 87.0 Å².